The second-order valence-electron chi connectivity index (χ2n) is 4.51. The molecule has 0 saturated heterocycles. The van der Waals surface area contributed by atoms with E-state index < -0.39 is 11.7 Å². The number of hydrogen-bond acceptors (Lipinski definition) is 0. The van der Waals surface area contributed by atoms with Crippen molar-refractivity contribution in [3.05, 3.63) is 33.3 Å². The number of benzene rings is 1. The molecule has 1 rings (SSSR count). The van der Waals surface area contributed by atoms with E-state index in [9.17, 15) is 13.2 Å². The molecule has 5 heteroatoms. The molecule has 0 nitrogen and oxygen atoms in total. The highest BCUT2D eigenvalue weighted by Crippen LogP contribution is 2.36. The third-order valence-corrected chi connectivity index (χ3v) is 3.48. The van der Waals surface area contributed by atoms with Crippen molar-refractivity contribution in [2.24, 2.45) is 5.92 Å². The van der Waals surface area contributed by atoms with Gasteiger partial charge in [-0.2, -0.15) is 13.2 Å². The first-order valence-electron chi connectivity index (χ1n) is 5.80. The Bertz CT molecular complexity index is 390. The molecule has 0 N–H and O–H groups in total. The Balaban J connectivity index is 3.02. The molecule has 1 aromatic carbocycles. The summed E-state index contributed by atoms with van der Waals surface area (Å²) < 4.78 is 37.6. The predicted molar refractivity (Wildman–Crippen MR) is 69.2 cm³/mol. The monoisotopic (exact) mass is 298 g/mol. The first-order chi connectivity index (χ1) is 8.25. The standard InChI is InChI=1S/C13H15Cl2F3/c1-3-4-8(2)5-10-11(14)6-9(7-12(10)15)13(16,17)18/h6-8H,3-5H2,1-2H3. The fourth-order valence-corrected chi connectivity index (χ4v) is 2.55. The topological polar surface area (TPSA) is 0 Å². The van der Waals surface area contributed by atoms with Crippen LogP contribution in [0.25, 0.3) is 0 Å². The van der Waals surface area contributed by atoms with E-state index in [2.05, 4.69) is 6.92 Å². The molecule has 1 atom stereocenters. The smallest absolute Gasteiger partial charge is 0.166 e. The minimum absolute atomic E-state index is 0.0952. The maximum atomic E-state index is 12.5. The van der Waals surface area contributed by atoms with Gasteiger partial charge in [0.15, 0.2) is 0 Å². The van der Waals surface area contributed by atoms with Crippen LogP contribution in [0.15, 0.2) is 12.1 Å². The van der Waals surface area contributed by atoms with Gasteiger partial charge in [-0.1, -0.05) is 49.9 Å². The van der Waals surface area contributed by atoms with Crippen molar-refractivity contribution in [3.63, 3.8) is 0 Å². The first kappa shape index (κ1) is 15.6. The van der Waals surface area contributed by atoms with Gasteiger partial charge in [-0.3, -0.25) is 0 Å². The van der Waals surface area contributed by atoms with Crippen LogP contribution in [0.5, 0.6) is 0 Å². The molecule has 0 aliphatic rings. The summed E-state index contributed by atoms with van der Waals surface area (Å²) in [4.78, 5) is 0. The molecule has 0 amide bonds. The molecule has 1 unspecified atom stereocenters. The Hall–Kier alpha value is -0.410. The van der Waals surface area contributed by atoms with Gasteiger partial charge in [-0.25, -0.2) is 0 Å². The van der Waals surface area contributed by atoms with Gasteiger partial charge < -0.3 is 0 Å². The Kier molecular flexibility index (Phi) is 5.35. The molecule has 18 heavy (non-hydrogen) atoms. The number of alkyl halides is 3. The van der Waals surface area contributed by atoms with Gasteiger partial charge in [0.05, 0.1) is 5.56 Å². The van der Waals surface area contributed by atoms with Crippen LogP contribution in [0.1, 0.15) is 37.8 Å². The van der Waals surface area contributed by atoms with E-state index in [1.165, 1.54) is 0 Å². The average molecular weight is 299 g/mol. The number of hydrogen-bond donors (Lipinski definition) is 0. The van der Waals surface area contributed by atoms with Gasteiger partial charge >= 0.3 is 6.18 Å². The molecular formula is C13H15Cl2F3. The maximum Gasteiger partial charge on any atom is 0.416 e. The summed E-state index contributed by atoms with van der Waals surface area (Å²) in [7, 11) is 0. The lowest BCUT2D eigenvalue weighted by Crippen LogP contribution is -2.07. The van der Waals surface area contributed by atoms with Crippen molar-refractivity contribution in [3.8, 4) is 0 Å². The van der Waals surface area contributed by atoms with Crippen LogP contribution in [-0.4, -0.2) is 0 Å². The summed E-state index contributed by atoms with van der Waals surface area (Å²) >= 11 is 11.8. The van der Waals surface area contributed by atoms with Gasteiger partial charge in [0.2, 0.25) is 0 Å². The maximum absolute atomic E-state index is 12.5. The second kappa shape index (κ2) is 6.16. The largest absolute Gasteiger partial charge is 0.416 e. The third kappa shape index (κ3) is 4.06. The Morgan fingerprint density at radius 2 is 1.67 bits per heavy atom. The van der Waals surface area contributed by atoms with Crippen LogP contribution in [0.4, 0.5) is 13.2 Å². The molecule has 102 valence electrons. The molecule has 1 aromatic rings. The molecule has 0 heterocycles. The summed E-state index contributed by atoms with van der Waals surface area (Å²) in [5, 5.41) is 0.190. The van der Waals surface area contributed by atoms with Crippen LogP contribution in [0.3, 0.4) is 0 Å². The van der Waals surface area contributed by atoms with E-state index in [1.54, 1.807) is 0 Å². The van der Waals surface area contributed by atoms with Crippen molar-refractivity contribution in [1.82, 2.24) is 0 Å². The number of halogens is 5. The summed E-state index contributed by atoms with van der Waals surface area (Å²) in [6.07, 6.45) is -1.80. The minimum atomic E-state index is -4.42. The van der Waals surface area contributed by atoms with Crippen molar-refractivity contribution >= 4 is 23.2 Å². The zero-order valence-electron chi connectivity index (χ0n) is 10.2. The van der Waals surface area contributed by atoms with Crippen molar-refractivity contribution in [2.75, 3.05) is 0 Å². The van der Waals surface area contributed by atoms with Crippen LogP contribution >= 0.6 is 23.2 Å². The molecule has 0 aliphatic heterocycles. The first-order valence-corrected chi connectivity index (χ1v) is 6.56. The Labute approximate surface area is 115 Å². The van der Waals surface area contributed by atoms with E-state index in [0.29, 0.717) is 17.9 Å². The van der Waals surface area contributed by atoms with E-state index in [4.69, 9.17) is 23.2 Å². The van der Waals surface area contributed by atoms with Gasteiger partial charge in [0.25, 0.3) is 0 Å². The molecule has 0 aliphatic carbocycles. The quantitative estimate of drug-likeness (QED) is 0.640. The highest BCUT2D eigenvalue weighted by atomic mass is 35.5. The summed E-state index contributed by atoms with van der Waals surface area (Å²) in [6, 6.07) is 1.89. The van der Waals surface area contributed by atoms with Crippen molar-refractivity contribution < 1.29 is 13.2 Å². The normalized spacial score (nSPS) is 13.7. The highest BCUT2D eigenvalue weighted by molar-refractivity contribution is 6.36. The average Bonchev–Trinajstić information content (AvgIpc) is 2.22. The highest BCUT2D eigenvalue weighted by Gasteiger charge is 2.32. The fraction of sp³-hybridized carbons (Fsp3) is 0.538. The zero-order chi connectivity index (χ0) is 13.9. The summed E-state index contributed by atoms with van der Waals surface area (Å²) in [5.41, 5.74) is -0.198. The summed E-state index contributed by atoms with van der Waals surface area (Å²) in [6.45, 7) is 4.10. The fourth-order valence-electron chi connectivity index (χ4n) is 1.91. The molecule has 0 saturated carbocycles. The third-order valence-electron chi connectivity index (χ3n) is 2.80. The molecular weight excluding hydrogens is 284 g/mol. The SMILES string of the molecule is CCCC(C)Cc1c(Cl)cc(C(F)(F)F)cc1Cl. The van der Waals surface area contributed by atoms with E-state index in [1.807, 2.05) is 6.92 Å². The van der Waals surface area contributed by atoms with Gasteiger partial charge in [-0.15, -0.1) is 0 Å². The van der Waals surface area contributed by atoms with Gasteiger partial charge in [0, 0.05) is 10.0 Å². The Morgan fingerprint density at radius 1 is 1.17 bits per heavy atom. The molecule has 0 radical (unpaired) electrons. The van der Waals surface area contributed by atoms with Crippen molar-refractivity contribution in [2.45, 2.75) is 39.3 Å². The second-order valence-corrected chi connectivity index (χ2v) is 5.33. The molecule has 0 fully saturated rings. The van der Waals surface area contributed by atoms with Gasteiger partial charge in [0.1, 0.15) is 0 Å². The predicted octanol–water partition coefficient (Wildman–Crippen LogP) is 5.99. The van der Waals surface area contributed by atoms with Crippen LogP contribution in [0.2, 0.25) is 10.0 Å². The lowest BCUT2D eigenvalue weighted by atomic mass is 9.96. The van der Waals surface area contributed by atoms with Crippen LogP contribution < -0.4 is 0 Å². The van der Waals surface area contributed by atoms with E-state index in [-0.39, 0.29) is 10.0 Å². The lowest BCUT2D eigenvalue weighted by molar-refractivity contribution is -0.137. The molecule has 0 aromatic heterocycles. The van der Waals surface area contributed by atoms with Gasteiger partial charge in [-0.05, 0) is 30.0 Å². The Morgan fingerprint density at radius 3 is 2.06 bits per heavy atom. The molecule has 0 bridgehead atoms. The minimum Gasteiger partial charge on any atom is -0.166 e. The van der Waals surface area contributed by atoms with E-state index >= 15 is 0 Å². The summed E-state index contributed by atoms with van der Waals surface area (Å²) in [5.74, 6) is 0.349. The van der Waals surface area contributed by atoms with Crippen molar-refractivity contribution in [1.29, 1.82) is 0 Å². The number of rotatable bonds is 4. The zero-order valence-corrected chi connectivity index (χ0v) is 11.8. The lowest BCUT2D eigenvalue weighted by Gasteiger charge is -2.15. The van der Waals surface area contributed by atoms with Crippen LogP contribution in [0, 0.1) is 5.92 Å². The molecule has 0 spiro atoms. The van der Waals surface area contributed by atoms with E-state index in [0.717, 1.165) is 25.0 Å². The van der Waals surface area contributed by atoms with Crippen LogP contribution in [-0.2, 0) is 12.6 Å².